The fourth-order valence-electron chi connectivity index (χ4n) is 1.71. The molecular formula is C13H15NO3S. The van der Waals surface area contributed by atoms with Gasteiger partial charge in [-0.15, -0.1) is 0 Å². The fourth-order valence-corrected chi connectivity index (χ4v) is 2.23. The van der Waals surface area contributed by atoms with E-state index in [2.05, 4.69) is 0 Å². The first-order valence-corrected chi connectivity index (χ1v) is 7.38. The predicted molar refractivity (Wildman–Crippen MR) is 72.0 cm³/mol. The molecule has 0 aromatic heterocycles. The van der Waals surface area contributed by atoms with Crippen LogP contribution in [0.4, 0.5) is 0 Å². The molecular weight excluding hydrogens is 250 g/mol. The Labute approximate surface area is 106 Å². The molecule has 2 rings (SSSR count). The molecule has 5 heteroatoms. The lowest BCUT2D eigenvalue weighted by Gasteiger charge is -2.06. The molecule has 0 amide bonds. The number of hydrogen-bond acceptors (Lipinski definition) is 3. The molecule has 0 heterocycles. The summed E-state index contributed by atoms with van der Waals surface area (Å²) in [5.41, 5.74) is 0. The molecule has 4 nitrogen and oxygen atoms in total. The molecule has 0 unspecified atom stereocenters. The first kappa shape index (κ1) is 12.9. The Kier molecular flexibility index (Phi) is 3.84. The van der Waals surface area contributed by atoms with Crippen LogP contribution >= 0.6 is 0 Å². The second kappa shape index (κ2) is 5.37. The average Bonchev–Trinajstić information content (AvgIpc) is 2.33. The van der Waals surface area contributed by atoms with Crippen LogP contribution in [0.1, 0.15) is 6.42 Å². The van der Waals surface area contributed by atoms with Crippen molar-refractivity contribution in [2.45, 2.75) is 6.42 Å². The summed E-state index contributed by atoms with van der Waals surface area (Å²) >= 11 is 0. The van der Waals surface area contributed by atoms with E-state index >= 15 is 0 Å². The number of nitrogens with two attached hydrogens (primary N) is 1. The zero-order valence-corrected chi connectivity index (χ0v) is 10.7. The Balaban J connectivity index is 1.96. The van der Waals surface area contributed by atoms with Gasteiger partial charge in [0, 0.05) is 0 Å². The molecule has 0 spiro atoms. The van der Waals surface area contributed by atoms with Gasteiger partial charge >= 0.3 is 0 Å². The highest BCUT2D eigenvalue weighted by Gasteiger charge is 2.02. The minimum absolute atomic E-state index is 0.0550. The van der Waals surface area contributed by atoms with Gasteiger partial charge < -0.3 is 4.74 Å². The topological polar surface area (TPSA) is 69.4 Å². The molecule has 2 aromatic carbocycles. The van der Waals surface area contributed by atoms with Crippen LogP contribution in [0.25, 0.3) is 10.8 Å². The van der Waals surface area contributed by atoms with Crippen molar-refractivity contribution in [1.29, 1.82) is 0 Å². The highest BCUT2D eigenvalue weighted by molar-refractivity contribution is 7.89. The number of ether oxygens (including phenoxy) is 1. The predicted octanol–water partition coefficient (Wildman–Crippen LogP) is 1.90. The van der Waals surface area contributed by atoms with Crippen molar-refractivity contribution in [1.82, 2.24) is 0 Å². The van der Waals surface area contributed by atoms with Crippen LogP contribution in [0.5, 0.6) is 5.75 Å². The van der Waals surface area contributed by atoms with Gasteiger partial charge in [0.25, 0.3) is 0 Å². The second-order valence-corrected chi connectivity index (χ2v) is 5.81. The molecule has 2 aromatic rings. The Morgan fingerprint density at radius 2 is 1.78 bits per heavy atom. The largest absolute Gasteiger partial charge is 0.494 e. The number of fused-ring (bicyclic) bond motifs is 1. The molecule has 96 valence electrons. The molecule has 0 bridgehead atoms. The van der Waals surface area contributed by atoms with Crippen LogP contribution in [0.2, 0.25) is 0 Å². The van der Waals surface area contributed by atoms with Crippen LogP contribution in [-0.2, 0) is 10.0 Å². The van der Waals surface area contributed by atoms with Crippen LogP contribution in [0.3, 0.4) is 0 Å². The van der Waals surface area contributed by atoms with Crippen molar-refractivity contribution in [3.8, 4) is 5.75 Å². The molecule has 0 aliphatic rings. The van der Waals surface area contributed by atoms with E-state index in [-0.39, 0.29) is 5.75 Å². The fraction of sp³-hybridized carbons (Fsp3) is 0.231. The highest BCUT2D eigenvalue weighted by Crippen LogP contribution is 2.20. The van der Waals surface area contributed by atoms with Gasteiger partial charge in [0.2, 0.25) is 10.0 Å². The lowest BCUT2D eigenvalue weighted by atomic mass is 10.1. The third-order valence-electron chi connectivity index (χ3n) is 2.56. The van der Waals surface area contributed by atoms with E-state index < -0.39 is 10.0 Å². The number of benzene rings is 2. The van der Waals surface area contributed by atoms with E-state index in [0.717, 1.165) is 16.5 Å². The first-order valence-electron chi connectivity index (χ1n) is 5.67. The van der Waals surface area contributed by atoms with Crippen molar-refractivity contribution in [3.05, 3.63) is 42.5 Å². The summed E-state index contributed by atoms with van der Waals surface area (Å²) in [5, 5.41) is 7.15. The molecule has 0 atom stereocenters. The molecule has 0 aliphatic carbocycles. The van der Waals surface area contributed by atoms with Crippen LogP contribution < -0.4 is 9.88 Å². The summed E-state index contributed by atoms with van der Waals surface area (Å²) in [6.07, 6.45) is 0.395. The summed E-state index contributed by atoms with van der Waals surface area (Å²) in [7, 11) is -3.39. The van der Waals surface area contributed by atoms with Crippen molar-refractivity contribution >= 4 is 20.8 Å². The van der Waals surface area contributed by atoms with Gasteiger partial charge in [0.05, 0.1) is 12.4 Å². The molecule has 18 heavy (non-hydrogen) atoms. The second-order valence-electron chi connectivity index (χ2n) is 4.08. The van der Waals surface area contributed by atoms with E-state index in [4.69, 9.17) is 9.88 Å². The third-order valence-corrected chi connectivity index (χ3v) is 3.42. The Hall–Kier alpha value is -1.59. The number of primary sulfonamides is 1. The van der Waals surface area contributed by atoms with Crippen molar-refractivity contribution in [3.63, 3.8) is 0 Å². The van der Waals surface area contributed by atoms with Crippen LogP contribution in [-0.4, -0.2) is 20.8 Å². The Morgan fingerprint density at radius 1 is 1.06 bits per heavy atom. The third kappa shape index (κ3) is 3.72. The number of hydrogen-bond donors (Lipinski definition) is 1. The van der Waals surface area contributed by atoms with Gasteiger partial charge in [-0.2, -0.15) is 0 Å². The summed E-state index contributed by atoms with van der Waals surface area (Å²) in [6.45, 7) is 0.342. The molecule has 0 aliphatic heterocycles. The Morgan fingerprint density at radius 3 is 2.50 bits per heavy atom. The van der Waals surface area contributed by atoms with Gasteiger partial charge in [-0.25, -0.2) is 13.6 Å². The van der Waals surface area contributed by atoms with Crippen LogP contribution in [0, 0.1) is 0 Å². The monoisotopic (exact) mass is 265 g/mol. The van der Waals surface area contributed by atoms with Crippen LogP contribution in [0.15, 0.2) is 42.5 Å². The average molecular weight is 265 g/mol. The lowest BCUT2D eigenvalue weighted by Crippen LogP contribution is -2.18. The maximum Gasteiger partial charge on any atom is 0.209 e. The molecule has 0 fully saturated rings. The minimum Gasteiger partial charge on any atom is -0.494 e. The standard InChI is InChI=1S/C13H15NO3S/c14-18(15,16)9-3-8-17-13-7-6-11-4-1-2-5-12(11)10-13/h1-2,4-7,10H,3,8-9H2,(H2,14,15,16). The zero-order valence-electron chi connectivity index (χ0n) is 9.87. The quantitative estimate of drug-likeness (QED) is 0.839. The van der Waals surface area contributed by atoms with E-state index in [9.17, 15) is 8.42 Å². The van der Waals surface area contributed by atoms with E-state index in [1.165, 1.54) is 0 Å². The smallest absolute Gasteiger partial charge is 0.209 e. The first-order chi connectivity index (χ1) is 8.54. The van der Waals surface area contributed by atoms with Crippen molar-refractivity contribution in [2.75, 3.05) is 12.4 Å². The molecule has 0 saturated heterocycles. The van der Waals surface area contributed by atoms with Gasteiger partial charge in [-0.3, -0.25) is 0 Å². The number of rotatable bonds is 5. The van der Waals surface area contributed by atoms with Gasteiger partial charge in [0.1, 0.15) is 5.75 Å². The van der Waals surface area contributed by atoms with Crippen molar-refractivity contribution < 1.29 is 13.2 Å². The highest BCUT2D eigenvalue weighted by atomic mass is 32.2. The normalized spacial score (nSPS) is 11.6. The summed E-state index contributed by atoms with van der Waals surface area (Å²) in [6, 6.07) is 13.8. The maximum absolute atomic E-state index is 10.7. The van der Waals surface area contributed by atoms with E-state index in [1.807, 2.05) is 42.5 Å². The molecule has 2 N–H and O–H groups in total. The van der Waals surface area contributed by atoms with E-state index in [1.54, 1.807) is 0 Å². The van der Waals surface area contributed by atoms with Crippen molar-refractivity contribution in [2.24, 2.45) is 5.14 Å². The zero-order chi connectivity index (χ0) is 13.0. The minimum atomic E-state index is -3.39. The van der Waals surface area contributed by atoms with Gasteiger partial charge in [-0.05, 0) is 29.3 Å². The SMILES string of the molecule is NS(=O)(=O)CCCOc1ccc2ccccc2c1. The molecule has 0 saturated carbocycles. The summed E-state index contributed by atoms with van der Waals surface area (Å²) in [5.74, 6) is 0.684. The maximum atomic E-state index is 10.7. The summed E-state index contributed by atoms with van der Waals surface area (Å²) in [4.78, 5) is 0. The Bertz CT molecular complexity index is 637. The van der Waals surface area contributed by atoms with E-state index in [0.29, 0.717) is 13.0 Å². The number of sulfonamides is 1. The summed E-state index contributed by atoms with van der Waals surface area (Å²) < 4.78 is 27.0. The van der Waals surface area contributed by atoms with Gasteiger partial charge in [-0.1, -0.05) is 30.3 Å². The lowest BCUT2D eigenvalue weighted by molar-refractivity contribution is 0.318. The molecule has 0 radical (unpaired) electrons. The van der Waals surface area contributed by atoms with Gasteiger partial charge in [0.15, 0.2) is 0 Å².